The second-order valence-electron chi connectivity index (χ2n) is 3.79. The molecule has 0 aliphatic heterocycles. The molecule has 0 amide bonds. The lowest BCUT2D eigenvalue weighted by atomic mass is 10.2. The van der Waals surface area contributed by atoms with Gasteiger partial charge in [-0.3, -0.25) is 0 Å². The maximum absolute atomic E-state index is 9.84. The number of benzene rings is 1. The smallest absolute Gasteiger partial charge is 0.0965 e. The van der Waals surface area contributed by atoms with Gasteiger partial charge in [0, 0.05) is 13.5 Å². The highest BCUT2D eigenvalue weighted by Crippen LogP contribution is 2.23. The van der Waals surface area contributed by atoms with E-state index in [1.807, 2.05) is 31.2 Å². The second kappa shape index (κ2) is 4.91. The van der Waals surface area contributed by atoms with Gasteiger partial charge >= 0.3 is 0 Å². The fourth-order valence-corrected chi connectivity index (χ4v) is 2.53. The molecule has 4 heteroatoms. The number of rotatable bonds is 4. The first kappa shape index (κ1) is 11.5. The molecule has 0 fully saturated rings. The van der Waals surface area contributed by atoms with Crippen LogP contribution in [0.5, 0.6) is 0 Å². The number of hydrogen-bond acceptors (Lipinski definition) is 4. The number of hydrogen-bond donors (Lipinski definition) is 1. The zero-order valence-electron chi connectivity index (χ0n) is 9.38. The van der Waals surface area contributed by atoms with Gasteiger partial charge in [-0.15, -0.1) is 11.3 Å². The number of fused-ring (bicyclic) bond motifs is 1. The third-order valence-electron chi connectivity index (χ3n) is 2.64. The van der Waals surface area contributed by atoms with Crippen molar-refractivity contribution in [3.05, 3.63) is 29.3 Å². The molecule has 0 bridgehead atoms. The fraction of sp³-hybridized carbons (Fsp3) is 0.417. The highest BCUT2D eigenvalue weighted by Gasteiger charge is 2.16. The number of aliphatic hydroxyl groups excluding tert-OH is 1. The molecule has 0 aliphatic carbocycles. The van der Waals surface area contributed by atoms with Gasteiger partial charge < -0.3 is 9.84 Å². The average Bonchev–Trinajstić information content (AvgIpc) is 2.69. The molecule has 2 unspecified atom stereocenters. The highest BCUT2D eigenvalue weighted by molar-refractivity contribution is 7.18. The molecular formula is C12H15NO2S. The summed E-state index contributed by atoms with van der Waals surface area (Å²) in [5, 5.41) is 10.8. The van der Waals surface area contributed by atoms with Crippen molar-refractivity contribution in [2.45, 2.75) is 25.6 Å². The first-order chi connectivity index (χ1) is 7.70. The number of aromatic nitrogens is 1. The Labute approximate surface area is 98.7 Å². The summed E-state index contributed by atoms with van der Waals surface area (Å²) in [4.78, 5) is 4.47. The monoisotopic (exact) mass is 237 g/mol. The van der Waals surface area contributed by atoms with Gasteiger partial charge in [0.25, 0.3) is 0 Å². The Kier molecular flexibility index (Phi) is 3.53. The van der Waals surface area contributed by atoms with Crippen LogP contribution in [0.3, 0.4) is 0 Å². The van der Waals surface area contributed by atoms with Crippen LogP contribution in [0.1, 0.15) is 11.9 Å². The summed E-state index contributed by atoms with van der Waals surface area (Å²) < 4.78 is 6.25. The van der Waals surface area contributed by atoms with Gasteiger partial charge in [-0.05, 0) is 19.1 Å². The van der Waals surface area contributed by atoms with Crippen molar-refractivity contribution < 1.29 is 9.84 Å². The van der Waals surface area contributed by atoms with E-state index in [0.29, 0.717) is 6.42 Å². The molecule has 0 saturated carbocycles. The molecule has 1 N–H and O–H groups in total. The molecule has 86 valence electrons. The van der Waals surface area contributed by atoms with E-state index in [1.54, 1.807) is 18.4 Å². The van der Waals surface area contributed by atoms with E-state index in [4.69, 9.17) is 4.74 Å². The maximum atomic E-state index is 9.84. The van der Waals surface area contributed by atoms with Gasteiger partial charge in [-0.1, -0.05) is 12.1 Å². The van der Waals surface area contributed by atoms with E-state index in [9.17, 15) is 5.11 Å². The summed E-state index contributed by atoms with van der Waals surface area (Å²) in [6.07, 6.45) is -0.105. The van der Waals surface area contributed by atoms with Crippen molar-refractivity contribution in [3.8, 4) is 0 Å². The predicted octanol–water partition coefficient (Wildman–Crippen LogP) is 2.23. The zero-order chi connectivity index (χ0) is 11.5. The summed E-state index contributed by atoms with van der Waals surface area (Å²) in [5.74, 6) is 0. The molecule has 1 heterocycles. The number of thiazole rings is 1. The van der Waals surface area contributed by atoms with Crippen molar-refractivity contribution >= 4 is 21.6 Å². The Hall–Kier alpha value is -0.970. The SMILES string of the molecule is COC(C)C(O)Cc1nc2ccccc2s1. The van der Waals surface area contributed by atoms with Crippen molar-refractivity contribution in [2.24, 2.45) is 0 Å². The number of ether oxygens (including phenoxy) is 1. The number of methoxy groups -OCH3 is 1. The van der Waals surface area contributed by atoms with Crippen LogP contribution in [0.15, 0.2) is 24.3 Å². The Bertz CT molecular complexity index is 436. The minimum absolute atomic E-state index is 0.160. The normalized spacial score (nSPS) is 15.2. The first-order valence-electron chi connectivity index (χ1n) is 5.26. The third kappa shape index (κ3) is 2.40. The molecule has 2 aromatic rings. The van der Waals surface area contributed by atoms with Crippen LogP contribution in [0.25, 0.3) is 10.2 Å². The molecule has 16 heavy (non-hydrogen) atoms. The van der Waals surface area contributed by atoms with Gasteiger partial charge in [0.05, 0.1) is 27.4 Å². The van der Waals surface area contributed by atoms with E-state index < -0.39 is 6.10 Å². The zero-order valence-corrected chi connectivity index (χ0v) is 10.2. The summed E-state index contributed by atoms with van der Waals surface area (Å²) in [5.41, 5.74) is 1.000. The van der Waals surface area contributed by atoms with Crippen molar-refractivity contribution in [1.82, 2.24) is 4.98 Å². The third-order valence-corrected chi connectivity index (χ3v) is 3.69. The van der Waals surface area contributed by atoms with Gasteiger partial charge in [0.1, 0.15) is 0 Å². The highest BCUT2D eigenvalue weighted by atomic mass is 32.1. The number of para-hydroxylation sites is 1. The van der Waals surface area contributed by atoms with E-state index in [1.165, 1.54) is 0 Å². The Morgan fingerprint density at radius 2 is 2.19 bits per heavy atom. The van der Waals surface area contributed by atoms with Gasteiger partial charge in [-0.2, -0.15) is 0 Å². The first-order valence-corrected chi connectivity index (χ1v) is 6.07. The van der Waals surface area contributed by atoms with Gasteiger partial charge in [0.2, 0.25) is 0 Å². The topological polar surface area (TPSA) is 42.4 Å². The summed E-state index contributed by atoms with van der Waals surface area (Å²) in [6.45, 7) is 1.86. The van der Waals surface area contributed by atoms with Crippen LogP contribution in [-0.4, -0.2) is 29.4 Å². The predicted molar refractivity (Wildman–Crippen MR) is 65.8 cm³/mol. The summed E-state index contributed by atoms with van der Waals surface area (Å²) >= 11 is 1.63. The van der Waals surface area contributed by atoms with Crippen molar-refractivity contribution in [3.63, 3.8) is 0 Å². The summed E-state index contributed by atoms with van der Waals surface area (Å²) in [7, 11) is 1.60. The summed E-state index contributed by atoms with van der Waals surface area (Å²) in [6, 6.07) is 8.00. The van der Waals surface area contributed by atoms with Crippen LogP contribution in [0.2, 0.25) is 0 Å². The molecule has 1 aromatic heterocycles. The average molecular weight is 237 g/mol. The van der Waals surface area contributed by atoms with E-state index >= 15 is 0 Å². The largest absolute Gasteiger partial charge is 0.390 e. The Morgan fingerprint density at radius 3 is 2.88 bits per heavy atom. The van der Waals surface area contributed by atoms with Crippen LogP contribution in [0, 0.1) is 0 Å². The quantitative estimate of drug-likeness (QED) is 0.886. The molecule has 1 aromatic carbocycles. The van der Waals surface area contributed by atoms with E-state index in [0.717, 1.165) is 15.2 Å². The van der Waals surface area contributed by atoms with Gasteiger partial charge in [-0.25, -0.2) is 4.98 Å². The fourth-order valence-electron chi connectivity index (χ4n) is 1.51. The lowest BCUT2D eigenvalue weighted by Gasteiger charge is -2.15. The number of nitrogens with zero attached hydrogens (tertiary/aromatic N) is 1. The molecule has 0 saturated heterocycles. The Morgan fingerprint density at radius 1 is 1.44 bits per heavy atom. The second-order valence-corrected chi connectivity index (χ2v) is 4.90. The minimum Gasteiger partial charge on any atom is -0.390 e. The van der Waals surface area contributed by atoms with Crippen molar-refractivity contribution in [2.75, 3.05) is 7.11 Å². The molecule has 0 aliphatic rings. The van der Waals surface area contributed by atoms with Crippen LogP contribution in [0.4, 0.5) is 0 Å². The number of aliphatic hydroxyl groups is 1. The molecule has 2 rings (SSSR count). The van der Waals surface area contributed by atoms with Crippen molar-refractivity contribution in [1.29, 1.82) is 0 Å². The molecular weight excluding hydrogens is 222 g/mol. The maximum Gasteiger partial charge on any atom is 0.0965 e. The molecule has 0 spiro atoms. The van der Waals surface area contributed by atoms with E-state index in [-0.39, 0.29) is 6.10 Å². The standard InChI is InChI=1S/C12H15NO2S/c1-8(15-2)10(14)7-12-13-9-5-3-4-6-11(9)16-12/h3-6,8,10,14H,7H2,1-2H3. The van der Waals surface area contributed by atoms with E-state index in [2.05, 4.69) is 4.98 Å². The molecule has 0 radical (unpaired) electrons. The lowest BCUT2D eigenvalue weighted by molar-refractivity contribution is 0.000409. The lowest BCUT2D eigenvalue weighted by Crippen LogP contribution is -2.26. The van der Waals surface area contributed by atoms with Crippen LogP contribution in [-0.2, 0) is 11.2 Å². The minimum atomic E-state index is -0.495. The molecule has 3 nitrogen and oxygen atoms in total. The molecule has 2 atom stereocenters. The van der Waals surface area contributed by atoms with Gasteiger partial charge in [0.15, 0.2) is 0 Å². The Balaban J connectivity index is 2.15. The van der Waals surface area contributed by atoms with Crippen LogP contribution < -0.4 is 0 Å². The van der Waals surface area contributed by atoms with Crippen LogP contribution >= 0.6 is 11.3 Å².